The molecule has 4 nitrogen and oxygen atoms in total. The van der Waals surface area contributed by atoms with Gasteiger partial charge in [-0.25, -0.2) is 4.79 Å². The lowest BCUT2D eigenvalue weighted by molar-refractivity contribution is 0.0527. The second kappa shape index (κ2) is 7.59. The molecule has 1 aliphatic carbocycles. The minimum Gasteiger partial charge on any atom is -0.462 e. The number of hydrogen-bond donors (Lipinski definition) is 2. The molecule has 1 saturated carbocycles. The van der Waals surface area contributed by atoms with Crippen molar-refractivity contribution in [2.75, 3.05) is 23.4 Å². The molecule has 1 aromatic carbocycles. The van der Waals surface area contributed by atoms with E-state index in [0.29, 0.717) is 29.1 Å². The number of rotatable bonds is 6. The Kier molecular flexibility index (Phi) is 5.79. The second-order valence-electron chi connectivity index (χ2n) is 5.20. The van der Waals surface area contributed by atoms with Gasteiger partial charge in [-0.1, -0.05) is 13.3 Å². The van der Waals surface area contributed by atoms with Crippen LogP contribution >= 0.6 is 11.8 Å². The predicted octanol–water partition coefficient (Wildman–Crippen LogP) is 3.53. The zero-order valence-electron chi connectivity index (χ0n) is 12.7. The third-order valence-electron chi connectivity index (χ3n) is 3.71. The summed E-state index contributed by atoms with van der Waals surface area (Å²) in [6.45, 7) is 4.36. The Labute approximate surface area is 130 Å². The first-order valence-corrected chi connectivity index (χ1v) is 8.65. The van der Waals surface area contributed by atoms with Crippen molar-refractivity contribution in [2.24, 2.45) is 0 Å². The maximum atomic E-state index is 12.1. The van der Waals surface area contributed by atoms with E-state index in [0.717, 1.165) is 17.9 Å². The summed E-state index contributed by atoms with van der Waals surface area (Å²) in [5.74, 6) is 0.806. The van der Waals surface area contributed by atoms with Crippen LogP contribution in [0.4, 0.5) is 11.4 Å². The SMILES string of the molecule is CCOC(=O)c1cc(N)ccc1NC1CCCC1SCC. The monoisotopic (exact) mass is 308 g/mol. The molecule has 1 aromatic rings. The second-order valence-corrected chi connectivity index (χ2v) is 6.72. The number of anilines is 2. The molecular weight excluding hydrogens is 284 g/mol. The molecule has 1 fully saturated rings. The average molecular weight is 308 g/mol. The van der Waals surface area contributed by atoms with E-state index in [1.54, 1.807) is 6.07 Å². The van der Waals surface area contributed by atoms with Crippen molar-refractivity contribution in [3.05, 3.63) is 23.8 Å². The Balaban J connectivity index is 2.17. The fraction of sp³-hybridized carbons (Fsp3) is 0.562. The van der Waals surface area contributed by atoms with Crippen LogP contribution in [0.2, 0.25) is 0 Å². The van der Waals surface area contributed by atoms with Gasteiger partial charge in [0.2, 0.25) is 0 Å². The first kappa shape index (κ1) is 16.0. The topological polar surface area (TPSA) is 64.3 Å². The number of nitrogens with two attached hydrogens (primary N) is 1. The van der Waals surface area contributed by atoms with E-state index in [9.17, 15) is 4.79 Å². The maximum absolute atomic E-state index is 12.1. The van der Waals surface area contributed by atoms with Crippen LogP contribution in [0.1, 0.15) is 43.5 Å². The van der Waals surface area contributed by atoms with Crippen molar-refractivity contribution in [1.82, 2.24) is 0 Å². The number of hydrogen-bond acceptors (Lipinski definition) is 5. The van der Waals surface area contributed by atoms with E-state index in [-0.39, 0.29) is 5.97 Å². The van der Waals surface area contributed by atoms with Gasteiger partial charge in [-0.3, -0.25) is 0 Å². The minimum absolute atomic E-state index is 0.315. The molecule has 0 bridgehead atoms. The summed E-state index contributed by atoms with van der Waals surface area (Å²) in [5, 5.41) is 4.15. The lowest BCUT2D eigenvalue weighted by Crippen LogP contribution is -2.27. The number of nitrogens with one attached hydrogen (secondary N) is 1. The van der Waals surface area contributed by atoms with Gasteiger partial charge in [0.15, 0.2) is 0 Å². The molecule has 1 aliphatic rings. The molecule has 0 amide bonds. The van der Waals surface area contributed by atoms with Crippen LogP contribution < -0.4 is 11.1 Å². The molecule has 21 heavy (non-hydrogen) atoms. The van der Waals surface area contributed by atoms with E-state index in [4.69, 9.17) is 10.5 Å². The molecule has 2 rings (SSSR count). The normalized spacial score (nSPS) is 21.2. The summed E-state index contributed by atoms with van der Waals surface area (Å²) in [6, 6.07) is 5.80. The van der Waals surface area contributed by atoms with Crippen LogP contribution in [0.3, 0.4) is 0 Å². The van der Waals surface area contributed by atoms with Crippen LogP contribution in [-0.2, 0) is 4.74 Å². The van der Waals surface area contributed by atoms with Gasteiger partial charge in [0.1, 0.15) is 0 Å². The molecule has 0 radical (unpaired) electrons. The standard InChI is InChI=1S/C16H24N2O2S/c1-3-20-16(19)12-10-11(17)8-9-13(12)18-14-6-5-7-15(14)21-4-2/h8-10,14-15,18H,3-7,17H2,1-2H3. The fourth-order valence-corrected chi connectivity index (χ4v) is 3.97. The van der Waals surface area contributed by atoms with E-state index in [2.05, 4.69) is 12.2 Å². The molecule has 2 unspecified atom stereocenters. The first-order valence-electron chi connectivity index (χ1n) is 7.60. The van der Waals surface area contributed by atoms with Gasteiger partial charge in [0.25, 0.3) is 0 Å². The van der Waals surface area contributed by atoms with Crippen molar-refractivity contribution in [3.63, 3.8) is 0 Å². The van der Waals surface area contributed by atoms with E-state index >= 15 is 0 Å². The molecule has 5 heteroatoms. The highest BCUT2D eigenvalue weighted by atomic mass is 32.2. The number of carbonyl (C=O) groups is 1. The lowest BCUT2D eigenvalue weighted by atomic mass is 10.1. The first-order chi connectivity index (χ1) is 10.2. The molecule has 0 aliphatic heterocycles. The molecule has 2 atom stereocenters. The Morgan fingerprint density at radius 1 is 1.43 bits per heavy atom. The van der Waals surface area contributed by atoms with Gasteiger partial charge < -0.3 is 15.8 Å². The third kappa shape index (κ3) is 4.06. The maximum Gasteiger partial charge on any atom is 0.340 e. The van der Waals surface area contributed by atoms with Crippen LogP contribution in [0.15, 0.2) is 18.2 Å². The summed E-state index contributed by atoms with van der Waals surface area (Å²) in [4.78, 5) is 12.1. The Morgan fingerprint density at radius 2 is 2.24 bits per heavy atom. The highest BCUT2D eigenvalue weighted by Crippen LogP contribution is 2.33. The number of carbonyl (C=O) groups excluding carboxylic acids is 1. The zero-order valence-corrected chi connectivity index (χ0v) is 13.5. The minimum atomic E-state index is -0.315. The van der Waals surface area contributed by atoms with E-state index in [1.165, 1.54) is 12.8 Å². The molecule has 0 spiro atoms. The van der Waals surface area contributed by atoms with Crippen molar-refractivity contribution in [2.45, 2.75) is 44.4 Å². The Bertz CT molecular complexity index is 493. The highest BCUT2D eigenvalue weighted by Gasteiger charge is 2.28. The van der Waals surface area contributed by atoms with Gasteiger partial charge in [0.05, 0.1) is 12.2 Å². The molecule has 0 aromatic heterocycles. The largest absolute Gasteiger partial charge is 0.462 e. The van der Waals surface area contributed by atoms with Crippen LogP contribution in [-0.4, -0.2) is 29.6 Å². The van der Waals surface area contributed by atoms with Crippen molar-refractivity contribution < 1.29 is 9.53 Å². The van der Waals surface area contributed by atoms with Crippen LogP contribution in [0.5, 0.6) is 0 Å². The predicted molar refractivity (Wildman–Crippen MR) is 90.0 cm³/mol. The van der Waals surface area contributed by atoms with Gasteiger partial charge in [-0.15, -0.1) is 0 Å². The molecule has 116 valence electrons. The quantitative estimate of drug-likeness (QED) is 0.622. The molecule has 0 heterocycles. The van der Waals surface area contributed by atoms with Crippen molar-refractivity contribution in [3.8, 4) is 0 Å². The fourth-order valence-electron chi connectivity index (χ4n) is 2.77. The molecular formula is C16H24N2O2S. The summed E-state index contributed by atoms with van der Waals surface area (Å²) in [7, 11) is 0. The number of esters is 1. The van der Waals surface area contributed by atoms with Crippen LogP contribution in [0, 0.1) is 0 Å². The van der Waals surface area contributed by atoms with Gasteiger partial charge in [0, 0.05) is 22.7 Å². The molecule has 3 N–H and O–H groups in total. The van der Waals surface area contributed by atoms with Gasteiger partial charge >= 0.3 is 5.97 Å². The van der Waals surface area contributed by atoms with Crippen LogP contribution in [0.25, 0.3) is 0 Å². The number of benzene rings is 1. The summed E-state index contributed by atoms with van der Waals surface area (Å²) < 4.78 is 5.12. The summed E-state index contributed by atoms with van der Waals surface area (Å²) in [5.41, 5.74) is 7.74. The average Bonchev–Trinajstić information content (AvgIpc) is 2.89. The zero-order chi connectivity index (χ0) is 15.2. The van der Waals surface area contributed by atoms with E-state index < -0.39 is 0 Å². The lowest BCUT2D eigenvalue weighted by Gasteiger charge is -2.22. The number of nitrogen functional groups attached to an aromatic ring is 1. The Morgan fingerprint density at radius 3 is 2.95 bits per heavy atom. The summed E-state index contributed by atoms with van der Waals surface area (Å²) in [6.07, 6.45) is 3.61. The van der Waals surface area contributed by atoms with Crippen molar-refractivity contribution in [1.29, 1.82) is 0 Å². The number of thioether (sulfide) groups is 1. The van der Waals surface area contributed by atoms with Gasteiger partial charge in [-0.2, -0.15) is 11.8 Å². The smallest absolute Gasteiger partial charge is 0.340 e. The summed E-state index contributed by atoms with van der Waals surface area (Å²) >= 11 is 1.99. The van der Waals surface area contributed by atoms with Crippen molar-refractivity contribution >= 4 is 29.1 Å². The molecule has 0 saturated heterocycles. The van der Waals surface area contributed by atoms with E-state index in [1.807, 2.05) is 30.8 Å². The van der Waals surface area contributed by atoms with Gasteiger partial charge in [-0.05, 0) is 43.7 Å². The highest BCUT2D eigenvalue weighted by molar-refractivity contribution is 7.99. The number of ether oxygens (including phenoxy) is 1. The third-order valence-corrected chi connectivity index (χ3v) is 5.04. The Hall–Kier alpha value is -1.36.